The highest BCUT2D eigenvalue weighted by atomic mass is 32.2. The molecule has 1 aliphatic rings. The van der Waals surface area contributed by atoms with Crippen LogP contribution in [0.1, 0.15) is 26.2 Å². The second kappa shape index (κ2) is 5.11. The van der Waals surface area contributed by atoms with Crippen LogP contribution in [0.3, 0.4) is 0 Å². The number of hydrogen-bond acceptors (Lipinski definition) is 4. The molecule has 1 fully saturated rings. The van der Waals surface area contributed by atoms with Gasteiger partial charge in [0.1, 0.15) is 5.54 Å². The first-order chi connectivity index (χ1) is 8.11. The van der Waals surface area contributed by atoms with Crippen LogP contribution in [-0.4, -0.2) is 27.1 Å². The van der Waals surface area contributed by atoms with Crippen LogP contribution in [0.2, 0.25) is 0 Å². The largest absolute Gasteiger partial charge is 0.297 e. The van der Waals surface area contributed by atoms with Crippen LogP contribution in [0, 0.1) is 11.3 Å². The molecule has 4 nitrogen and oxygen atoms in total. The lowest BCUT2D eigenvalue weighted by atomic mass is 10.0. The number of nitrogens with one attached hydrogen (secondary N) is 1. The van der Waals surface area contributed by atoms with Gasteiger partial charge in [-0.3, -0.25) is 10.00 Å². The van der Waals surface area contributed by atoms with Crippen LogP contribution in [0.4, 0.5) is 0 Å². The van der Waals surface area contributed by atoms with Gasteiger partial charge in [-0.1, -0.05) is 0 Å². The molecule has 2 rings (SSSR count). The maximum atomic E-state index is 9.23. The number of thioether (sulfide) groups is 1. The predicted octanol–water partition coefficient (Wildman–Crippen LogP) is 1.94. The van der Waals surface area contributed by atoms with E-state index in [-0.39, 0.29) is 5.54 Å². The van der Waals surface area contributed by atoms with Crippen molar-refractivity contribution in [2.24, 2.45) is 7.05 Å². The maximum Gasteiger partial charge on any atom is 0.104 e. The average molecular weight is 250 g/mol. The van der Waals surface area contributed by atoms with Crippen molar-refractivity contribution in [1.29, 1.82) is 5.26 Å². The minimum atomic E-state index is -0.379. The van der Waals surface area contributed by atoms with Crippen molar-refractivity contribution in [1.82, 2.24) is 15.1 Å². The van der Waals surface area contributed by atoms with E-state index in [1.165, 1.54) is 17.7 Å². The molecule has 1 atom stereocenters. The molecule has 17 heavy (non-hydrogen) atoms. The van der Waals surface area contributed by atoms with Crippen molar-refractivity contribution in [3.8, 4) is 6.07 Å². The number of nitrogens with zero attached hydrogens (tertiary/aromatic N) is 3. The number of aromatic nitrogens is 2. The van der Waals surface area contributed by atoms with Gasteiger partial charge in [-0.15, -0.1) is 11.8 Å². The van der Waals surface area contributed by atoms with Crippen LogP contribution in [-0.2, 0) is 7.05 Å². The predicted molar refractivity (Wildman–Crippen MR) is 68.7 cm³/mol. The summed E-state index contributed by atoms with van der Waals surface area (Å²) in [7, 11) is 1.91. The fraction of sp³-hybridized carbons (Fsp3) is 0.667. The molecule has 0 spiro atoms. The van der Waals surface area contributed by atoms with Crippen LogP contribution in [0.15, 0.2) is 17.3 Å². The van der Waals surface area contributed by atoms with Gasteiger partial charge in [-0.2, -0.15) is 10.4 Å². The number of aryl methyl sites for hydroxylation is 1. The van der Waals surface area contributed by atoms with Crippen molar-refractivity contribution in [2.75, 3.05) is 5.75 Å². The quantitative estimate of drug-likeness (QED) is 0.784. The van der Waals surface area contributed by atoms with Gasteiger partial charge in [-0.25, -0.2) is 0 Å². The van der Waals surface area contributed by atoms with E-state index in [0.29, 0.717) is 6.04 Å². The average Bonchev–Trinajstić information content (AvgIpc) is 3.00. The fourth-order valence-corrected chi connectivity index (χ4v) is 2.78. The summed E-state index contributed by atoms with van der Waals surface area (Å²) in [6, 6.07) is 2.97. The van der Waals surface area contributed by atoms with Crippen LogP contribution < -0.4 is 5.32 Å². The van der Waals surface area contributed by atoms with Gasteiger partial charge in [0.25, 0.3) is 0 Å². The van der Waals surface area contributed by atoms with Crippen LogP contribution in [0.5, 0.6) is 0 Å². The highest BCUT2D eigenvalue weighted by Gasteiger charge is 2.32. The summed E-state index contributed by atoms with van der Waals surface area (Å²) in [6.45, 7) is 2.00. The molecule has 0 aliphatic heterocycles. The highest BCUT2D eigenvalue weighted by Crippen LogP contribution is 2.26. The van der Waals surface area contributed by atoms with E-state index in [2.05, 4.69) is 16.5 Å². The molecule has 0 amide bonds. The van der Waals surface area contributed by atoms with Crippen LogP contribution in [0.25, 0.3) is 0 Å². The lowest BCUT2D eigenvalue weighted by molar-refractivity contribution is 0.434. The summed E-state index contributed by atoms with van der Waals surface area (Å²) in [4.78, 5) is 1.17. The summed E-state index contributed by atoms with van der Waals surface area (Å²) in [5, 5.41) is 16.8. The third-order valence-electron chi connectivity index (χ3n) is 2.90. The molecule has 1 saturated carbocycles. The van der Waals surface area contributed by atoms with Gasteiger partial charge in [0.15, 0.2) is 0 Å². The number of nitriles is 1. The van der Waals surface area contributed by atoms with Crippen molar-refractivity contribution in [3.05, 3.63) is 12.4 Å². The van der Waals surface area contributed by atoms with E-state index in [1.807, 2.05) is 26.4 Å². The van der Waals surface area contributed by atoms with Gasteiger partial charge in [0.05, 0.1) is 12.3 Å². The van der Waals surface area contributed by atoms with E-state index < -0.39 is 0 Å². The molecule has 0 radical (unpaired) electrons. The monoisotopic (exact) mass is 250 g/mol. The first kappa shape index (κ1) is 12.5. The van der Waals surface area contributed by atoms with Gasteiger partial charge in [-0.05, 0) is 26.2 Å². The molecule has 92 valence electrons. The zero-order valence-corrected chi connectivity index (χ0v) is 11.1. The standard InChI is InChI=1S/C12H18N4S/c1-12(9-13,15-10-3-4-10)5-6-17-11-7-14-16(2)8-11/h7-8,10,15H,3-6H2,1-2H3. The van der Waals surface area contributed by atoms with E-state index in [4.69, 9.17) is 0 Å². The Balaban J connectivity index is 1.77. The second-order valence-corrected chi connectivity index (χ2v) is 5.98. The summed E-state index contributed by atoms with van der Waals surface area (Å²) >= 11 is 1.76. The first-order valence-electron chi connectivity index (χ1n) is 5.92. The fourth-order valence-electron chi connectivity index (χ4n) is 1.68. The molecule has 1 unspecified atom stereocenters. The SMILES string of the molecule is Cn1cc(SCCC(C)(C#N)NC2CC2)cn1. The Morgan fingerprint density at radius 2 is 2.47 bits per heavy atom. The van der Waals surface area contributed by atoms with Crippen molar-refractivity contribution in [3.63, 3.8) is 0 Å². The van der Waals surface area contributed by atoms with Crippen molar-refractivity contribution < 1.29 is 0 Å². The zero-order chi connectivity index (χ0) is 12.3. The lowest BCUT2D eigenvalue weighted by Gasteiger charge is -2.22. The second-order valence-electron chi connectivity index (χ2n) is 4.81. The number of rotatable bonds is 6. The third kappa shape index (κ3) is 3.76. The van der Waals surface area contributed by atoms with E-state index >= 15 is 0 Å². The molecule has 1 aromatic rings. The summed E-state index contributed by atoms with van der Waals surface area (Å²) < 4.78 is 1.80. The molecular weight excluding hydrogens is 232 g/mol. The molecule has 1 N–H and O–H groups in total. The van der Waals surface area contributed by atoms with Gasteiger partial charge in [0.2, 0.25) is 0 Å². The Kier molecular flexibility index (Phi) is 3.75. The molecular formula is C12H18N4S. The Hall–Kier alpha value is -0.990. The normalized spacial score (nSPS) is 18.6. The maximum absolute atomic E-state index is 9.23. The Bertz CT molecular complexity index is 418. The third-order valence-corrected chi connectivity index (χ3v) is 3.85. The molecule has 0 aromatic carbocycles. The van der Waals surface area contributed by atoms with E-state index in [1.54, 1.807) is 16.4 Å². The minimum Gasteiger partial charge on any atom is -0.297 e. The molecule has 5 heteroatoms. The summed E-state index contributed by atoms with van der Waals surface area (Å²) in [5.41, 5.74) is -0.379. The smallest absolute Gasteiger partial charge is 0.104 e. The molecule has 1 heterocycles. The van der Waals surface area contributed by atoms with E-state index in [9.17, 15) is 5.26 Å². The van der Waals surface area contributed by atoms with Gasteiger partial charge >= 0.3 is 0 Å². The van der Waals surface area contributed by atoms with Crippen molar-refractivity contribution >= 4 is 11.8 Å². The summed E-state index contributed by atoms with van der Waals surface area (Å²) in [5.74, 6) is 0.940. The Morgan fingerprint density at radius 1 is 1.71 bits per heavy atom. The van der Waals surface area contributed by atoms with Crippen LogP contribution >= 0.6 is 11.8 Å². The number of hydrogen-bond donors (Lipinski definition) is 1. The zero-order valence-electron chi connectivity index (χ0n) is 10.3. The molecule has 0 saturated heterocycles. The van der Waals surface area contributed by atoms with Gasteiger partial charge < -0.3 is 0 Å². The highest BCUT2D eigenvalue weighted by molar-refractivity contribution is 7.99. The van der Waals surface area contributed by atoms with Gasteiger partial charge in [0, 0.05) is 29.9 Å². The minimum absolute atomic E-state index is 0.379. The molecule has 1 aromatic heterocycles. The summed E-state index contributed by atoms with van der Waals surface area (Å²) in [6.07, 6.45) is 7.16. The molecule has 0 bridgehead atoms. The first-order valence-corrected chi connectivity index (χ1v) is 6.90. The van der Waals surface area contributed by atoms with Crippen molar-refractivity contribution in [2.45, 2.75) is 42.7 Å². The van der Waals surface area contributed by atoms with E-state index in [0.717, 1.165) is 12.2 Å². The lowest BCUT2D eigenvalue weighted by Crippen LogP contribution is -2.42. The Morgan fingerprint density at radius 3 is 3.00 bits per heavy atom. The Labute approximate surface area is 106 Å². The topological polar surface area (TPSA) is 53.6 Å². The molecule has 1 aliphatic carbocycles.